The normalized spacial score (nSPS) is 11.7. The van der Waals surface area contributed by atoms with Crippen molar-refractivity contribution in [2.45, 2.75) is 26.7 Å². The predicted molar refractivity (Wildman–Crippen MR) is 113 cm³/mol. The number of aromatic amines is 1. The molecule has 0 atom stereocenters. The Bertz CT molecular complexity index is 914. The van der Waals surface area contributed by atoms with Crippen molar-refractivity contribution in [2.75, 3.05) is 19.6 Å². The van der Waals surface area contributed by atoms with Crippen molar-refractivity contribution in [3.05, 3.63) is 65.4 Å². The van der Waals surface area contributed by atoms with Crippen LogP contribution in [0.2, 0.25) is 0 Å². The fourth-order valence-corrected chi connectivity index (χ4v) is 3.32. The second-order valence-electron chi connectivity index (χ2n) is 6.67. The van der Waals surface area contributed by atoms with E-state index in [1.54, 1.807) is 12.1 Å². The molecule has 0 radical (unpaired) electrons. The van der Waals surface area contributed by atoms with E-state index in [1.165, 1.54) is 22.0 Å². The van der Waals surface area contributed by atoms with Gasteiger partial charge in [0.25, 0.3) is 0 Å². The number of aliphatic imine (C=N–C) groups is 1. The van der Waals surface area contributed by atoms with Gasteiger partial charge in [-0.15, -0.1) is 0 Å². The summed E-state index contributed by atoms with van der Waals surface area (Å²) in [6.45, 7) is 6.53. The molecule has 5 heteroatoms. The Balaban J connectivity index is 1.56. The maximum absolute atomic E-state index is 9.55. The van der Waals surface area contributed by atoms with Crippen molar-refractivity contribution >= 4 is 16.9 Å². The lowest BCUT2D eigenvalue weighted by Gasteiger charge is -2.11. The van der Waals surface area contributed by atoms with E-state index < -0.39 is 0 Å². The molecule has 0 saturated carbocycles. The summed E-state index contributed by atoms with van der Waals surface area (Å²) < 4.78 is 0. The van der Waals surface area contributed by atoms with Gasteiger partial charge in [0.2, 0.25) is 0 Å². The first kappa shape index (κ1) is 18.8. The van der Waals surface area contributed by atoms with Gasteiger partial charge in [-0.25, -0.2) is 0 Å². The van der Waals surface area contributed by atoms with Gasteiger partial charge in [-0.3, -0.25) is 4.99 Å². The molecule has 0 saturated heterocycles. The summed E-state index contributed by atoms with van der Waals surface area (Å²) in [6, 6.07) is 13.7. The topological polar surface area (TPSA) is 72.4 Å². The van der Waals surface area contributed by atoms with Crippen LogP contribution in [0, 0.1) is 6.92 Å². The number of aromatic nitrogens is 1. The van der Waals surface area contributed by atoms with Gasteiger partial charge in [0.05, 0.1) is 0 Å². The number of benzene rings is 2. The molecule has 0 aliphatic heterocycles. The van der Waals surface area contributed by atoms with Gasteiger partial charge >= 0.3 is 0 Å². The summed E-state index contributed by atoms with van der Waals surface area (Å²) in [5.41, 5.74) is 4.89. The van der Waals surface area contributed by atoms with E-state index >= 15 is 0 Å². The summed E-state index contributed by atoms with van der Waals surface area (Å²) in [4.78, 5) is 8.05. The maximum Gasteiger partial charge on any atom is 0.191 e. The molecule has 1 heterocycles. The fraction of sp³-hybridized carbons (Fsp3) is 0.318. The van der Waals surface area contributed by atoms with Crippen molar-refractivity contribution < 1.29 is 5.11 Å². The van der Waals surface area contributed by atoms with Gasteiger partial charge in [0.1, 0.15) is 5.75 Å². The molecule has 5 nitrogen and oxygen atoms in total. The number of nitrogens with one attached hydrogen (secondary N) is 3. The summed E-state index contributed by atoms with van der Waals surface area (Å²) in [6.07, 6.45) is 3.82. The van der Waals surface area contributed by atoms with Crippen LogP contribution in [0.3, 0.4) is 0 Å². The van der Waals surface area contributed by atoms with Crippen LogP contribution in [0.1, 0.15) is 23.6 Å². The molecule has 3 rings (SSSR count). The third-order valence-electron chi connectivity index (χ3n) is 4.61. The van der Waals surface area contributed by atoms with E-state index in [9.17, 15) is 5.11 Å². The van der Waals surface area contributed by atoms with E-state index in [1.807, 2.05) is 12.1 Å². The predicted octanol–water partition coefficient (Wildman–Crippen LogP) is 3.52. The number of nitrogens with zero attached hydrogens (tertiary/aromatic N) is 1. The number of aryl methyl sites for hydroxylation is 1. The van der Waals surface area contributed by atoms with E-state index in [0.29, 0.717) is 5.75 Å². The number of H-pyrrole nitrogens is 1. The highest BCUT2D eigenvalue weighted by Gasteiger charge is 2.06. The average molecular weight is 364 g/mol. The van der Waals surface area contributed by atoms with Crippen molar-refractivity contribution in [1.82, 2.24) is 15.6 Å². The van der Waals surface area contributed by atoms with Crippen LogP contribution in [0.4, 0.5) is 0 Å². The van der Waals surface area contributed by atoms with Gasteiger partial charge in [0, 0.05) is 36.7 Å². The molecule has 0 aliphatic carbocycles. The maximum atomic E-state index is 9.55. The summed E-state index contributed by atoms with van der Waals surface area (Å²) >= 11 is 0. The zero-order chi connectivity index (χ0) is 19.1. The van der Waals surface area contributed by atoms with E-state index in [-0.39, 0.29) is 0 Å². The van der Waals surface area contributed by atoms with Crippen LogP contribution in [0.5, 0.6) is 5.75 Å². The first-order chi connectivity index (χ1) is 13.2. The van der Waals surface area contributed by atoms with Crippen LogP contribution in [0.25, 0.3) is 10.9 Å². The van der Waals surface area contributed by atoms with Gasteiger partial charge in [-0.1, -0.05) is 24.3 Å². The molecule has 2 aromatic carbocycles. The standard InChI is InChI=1S/C22H28N4O/c1-3-23-22(24-12-10-17-7-5-8-19(27)14-17)25-13-11-18-15-26-20-9-4-6-16(2)21(18)20/h4-9,14-15,26-27H,3,10-13H2,1-2H3,(H2,23,24,25). The minimum Gasteiger partial charge on any atom is -0.508 e. The minimum atomic E-state index is 0.307. The molecule has 0 aliphatic rings. The molecule has 0 fully saturated rings. The zero-order valence-corrected chi connectivity index (χ0v) is 16.0. The highest BCUT2D eigenvalue weighted by atomic mass is 16.3. The van der Waals surface area contributed by atoms with Gasteiger partial charge in [-0.2, -0.15) is 0 Å². The zero-order valence-electron chi connectivity index (χ0n) is 16.0. The highest BCUT2D eigenvalue weighted by Crippen LogP contribution is 2.22. The van der Waals surface area contributed by atoms with Crippen LogP contribution in [-0.2, 0) is 12.8 Å². The quantitative estimate of drug-likeness (QED) is 0.383. The van der Waals surface area contributed by atoms with Crippen LogP contribution in [-0.4, -0.2) is 35.7 Å². The third kappa shape index (κ3) is 5.03. The Hall–Kier alpha value is -2.95. The first-order valence-corrected chi connectivity index (χ1v) is 9.53. The molecule has 4 N–H and O–H groups in total. The van der Waals surface area contributed by atoms with E-state index in [0.717, 1.165) is 44.0 Å². The number of fused-ring (bicyclic) bond motifs is 1. The molecular weight excluding hydrogens is 336 g/mol. The van der Waals surface area contributed by atoms with Gasteiger partial charge < -0.3 is 20.7 Å². The number of rotatable bonds is 7. The lowest BCUT2D eigenvalue weighted by atomic mass is 10.1. The van der Waals surface area contributed by atoms with E-state index in [2.05, 4.69) is 53.9 Å². The smallest absolute Gasteiger partial charge is 0.191 e. The fourth-order valence-electron chi connectivity index (χ4n) is 3.32. The lowest BCUT2D eigenvalue weighted by molar-refractivity contribution is 0.474. The van der Waals surface area contributed by atoms with Crippen LogP contribution < -0.4 is 10.6 Å². The molecule has 0 unspecified atom stereocenters. The Kier molecular flexibility index (Phi) is 6.36. The van der Waals surface area contributed by atoms with Crippen molar-refractivity contribution in [1.29, 1.82) is 0 Å². The Morgan fingerprint density at radius 1 is 1.11 bits per heavy atom. The summed E-state index contributed by atoms with van der Waals surface area (Å²) in [5, 5.41) is 17.5. The number of phenolic OH excluding ortho intramolecular Hbond substituents is 1. The molecule has 27 heavy (non-hydrogen) atoms. The van der Waals surface area contributed by atoms with Crippen LogP contribution in [0.15, 0.2) is 53.7 Å². The van der Waals surface area contributed by atoms with Crippen LogP contribution >= 0.6 is 0 Å². The number of hydrogen-bond donors (Lipinski definition) is 4. The van der Waals surface area contributed by atoms with Crippen molar-refractivity contribution in [3.8, 4) is 5.75 Å². The molecular formula is C22H28N4O. The lowest BCUT2D eigenvalue weighted by Crippen LogP contribution is -2.38. The molecule has 0 spiro atoms. The van der Waals surface area contributed by atoms with E-state index in [4.69, 9.17) is 4.99 Å². The SMILES string of the molecule is CCNC(=NCCc1c[nH]c2cccc(C)c12)NCCc1cccc(O)c1. The second-order valence-corrected chi connectivity index (χ2v) is 6.67. The number of guanidine groups is 1. The Morgan fingerprint density at radius 3 is 2.78 bits per heavy atom. The molecule has 1 aromatic heterocycles. The first-order valence-electron chi connectivity index (χ1n) is 9.53. The second kappa shape index (κ2) is 9.12. The Labute approximate surface area is 160 Å². The van der Waals surface area contributed by atoms with Gasteiger partial charge in [0.15, 0.2) is 5.96 Å². The molecule has 142 valence electrons. The minimum absolute atomic E-state index is 0.307. The number of aromatic hydroxyl groups is 1. The largest absolute Gasteiger partial charge is 0.508 e. The summed E-state index contributed by atoms with van der Waals surface area (Å²) in [5.74, 6) is 1.14. The molecule has 3 aromatic rings. The monoisotopic (exact) mass is 364 g/mol. The molecule has 0 bridgehead atoms. The van der Waals surface area contributed by atoms with Crippen molar-refractivity contribution in [2.24, 2.45) is 4.99 Å². The van der Waals surface area contributed by atoms with Gasteiger partial charge in [-0.05, 0) is 61.6 Å². The number of phenols is 1. The molecule has 0 amide bonds. The summed E-state index contributed by atoms with van der Waals surface area (Å²) in [7, 11) is 0. The Morgan fingerprint density at radius 2 is 1.96 bits per heavy atom. The highest BCUT2D eigenvalue weighted by molar-refractivity contribution is 5.86. The average Bonchev–Trinajstić information content (AvgIpc) is 3.06. The number of hydrogen-bond acceptors (Lipinski definition) is 2. The third-order valence-corrected chi connectivity index (χ3v) is 4.61. The van der Waals surface area contributed by atoms with Crippen molar-refractivity contribution in [3.63, 3.8) is 0 Å².